The summed E-state index contributed by atoms with van der Waals surface area (Å²) in [6, 6.07) is 0. The summed E-state index contributed by atoms with van der Waals surface area (Å²) in [6.45, 7) is 5.37. The average molecular weight is 100 g/mol. The first-order chi connectivity index (χ1) is 3.06. The molecular formula is C6H12O. The summed E-state index contributed by atoms with van der Waals surface area (Å²) in [5.74, 6) is 0. The minimum absolute atomic E-state index is 0.630. The van der Waals surface area contributed by atoms with Gasteiger partial charge in [0.15, 0.2) is 0 Å². The SMILES string of the molecule is CC=CC(C)(C)O. The zero-order chi connectivity index (χ0) is 5.91. The zero-order valence-corrected chi connectivity index (χ0v) is 5.10. The third-order valence-corrected chi connectivity index (χ3v) is 0.575. The van der Waals surface area contributed by atoms with Crippen molar-refractivity contribution in [3.05, 3.63) is 12.2 Å². The molecule has 0 aromatic heterocycles. The van der Waals surface area contributed by atoms with E-state index in [0.717, 1.165) is 0 Å². The van der Waals surface area contributed by atoms with Gasteiger partial charge in [0.2, 0.25) is 0 Å². The Balaban J connectivity index is 3.56. The fourth-order valence-electron chi connectivity index (χ4n) is 0.408. The van der Waals surface area contributed by atoms with E-state index in [-0.39, 0.29) is 0 Å². The summed E-state index contributed by atoms with van der Waals surface area (Å²) in [7, 11) is 0. The van der Waals surface area contributed by atoms with Gasteiger partial charge in [-0.25, -0.2) is 0 Å². The fraction of sp³-hybridized carbons (Fsp3) is 0.667. The molecule has 0 aliphatic heterocycles. The topological polar surface area (TPSA) is 20.2 Å². The highest BCUT2D eigenvalue weighted by molar-refractivity contribution is 4.92. The molecule has 0 aromatic carbocycles. The van der Waals surface area contributed by atoms with Crippen molar-refractivity contribution in [2.24, 2.45) is 0 Å². The molecule has 1 heteroatoms. The van der Waals surface area contributed by atoms with Gasteiger partial charge in [-0.1, -0.05) is 12.2 Å². The van der Waals surface area contributed by atoms with Crippen LogP contribution in [0.3, 0.4) is 0 Å². The Morgan fingerprint density at radius 1 is 1.43 bits per heavy atom. The van der Waals surface area contributed by atoms with Crippen LogP contribution in [0, 0.1) is 0 Å². The molecule has 0 radical (unpaired) electrons. The normalized spacial score (nSPS) is 13.1. The van der Waals surface area contributed by atoms with Crippen LogP contribution < -0.4 is 0 Å². The van der Waals surface area contributed by atoms with Crippen molar-refractivity contribution in [1.29, 1.82) is 0 Å². The molecule has 0 bridgehead atoms. The average Bonchev–Trinajstić information content (AvgIpc) is 1.30. The van der Waals surface area contributed by atoms with Crippen LogP contribution in [-0.2, 0) is 0 Å². The Labute approximate surface area is 44.7 Å². The molecule has 42 valence electrons. The molecule has 0 fully saturated rings. The first-order valence-corrected chi connectivity index (χ1v) is 2.42. The Morgan fingerprint density at radius 3 is 1.86 bits per heavy atom. The number of hydrogen-bond acceptors (Lipinski definition) is 1. The molecule has 0 saturated carbocycles. The van der Waals surface area contributed by atoms with E-state index >= 15 is 0 Å². The van der Waals surface area contributed by atoms with Gasteiger partial charge in [-0.15, -0.1) is 0 Å². The third kappa shape index (κ3) is 5.70. The van der Waals surface area contributed by atoms with Gasteiger partial charge in [0.1, 0.15) is 0 Å². The zero-order valence-electron chi connectivity index (χ0n) is 5.10. The summed E-state index contributed by atoms with van der Waals surface area (Å²) in [4.78, 5) is 0. The lowest BCUT2D eigenvalue weighted by molar-refractivity contribution is 0.133. The van der Waals surface area contributed by atoms with Crippen molar-refractivity contribution < 1.29 is 5.11 Å². The fourth-order valence-corrected chi connectivity index (χ4v) is 0.408. The summed E-state index contributed by atoms with van der Waals surface area (Å²) < 4.78 is 0. The van der Waals surface area contributed by atoms with Gasteiger partial charge in [-0.2, -0.15) is 0 Å². The first-order valence-electron chi connectivity index (χ1n) is 2.42. The molecule has 0 amide bonds. The minimum Gasteiger partial charge on any atom is -0.386 e. The minimum atomic E-state index is -0.630. The predicted molar refractivity (Wildman–Crippen MR) is 31.1 cm³/mol. The van der Waals surface area contributed by atoms with E-state index in [1.807, 2.05) is 13.0 Å². The molecule has 0 saturated heterocycles. The second-order valence-corrected chi connectivity index (χ2v) is 2.15. The van der Waals surface area contributed by atoms with Gasteiger partial charge in [-0.3, -0.25) is 0 Å². The molecule has 0 aromatic rings. The molecule has 1 nitrogen and oxygen atoms in total. The van der Waals surface area contributed by atoms with Crippen molar-refractivity contribution in [1.82, 2.24) is 0 Å². The van der Waals surface area contributed by atoms with Gasteiger partial charge in [-0.05, 0) is 20.8 Å². The van der Waals surface area contributed by atoms with Crippen LogP contribution >= 0.6 is 0 Å². The molecule has 0 aliphatic rings. The molecule has 1 N–H and O–H groups in total. The van der Waals surface area contributed by atoms with Crippen molar-refractivity contribution in [3.8, 4) is 0 Å². The summed E-state index contributed by atoms with van der Waals surface area (Å²) in [5, 5.41) is 8.93. The maximum absolute atomic E-state index is 8.93. The highest BCUT2D eigenvalue weighted by atomic mass is 16.3. The van der Waals surface area contributed by atoms with Crippen LogP contribution in [-0.4, -0.2) is 10.7 Å². The second-order valence-electron chi connectivity index (χ2n) is 2.15. The summed E-state index contributed by atoms with van der Waals surface area (Å²) in [5.41, 5.74) is -0.630. The molecule has 7 heavy (non-hydrogen) atoms. The van der Waals surface area contributed by atoms with Gasteiger partial charge in [0, 0.05) is 0 Å². The van der Waals surface area contributed by atoms with Crippen molar-refractivity contribution in [3.63, 3.8) is 0 Å². The van der Waals surface area contributed by atoms with Crippen LogP contribution in [0.25, 0.3) is 0 Å². The van der Waals surface area contributed by atoms with E-state index in [2.05, 4.69) is 0 Å². The molecule has 0 heterocycles. The highest BCUT2D eigenvalue weighted by Gasteiger charge is 2.03. The molecule has 0 aliphatic carbocycles. The van der Waals surface area contributed by atoms with E-state index in [1.165, 1.54) is 0 Å². The lowest BCUT2D eigenvalue weighted by Crippen LogP contribution is -2.13. The van der Waals surface area contributed by atoms with Crippen LogP contribution in [0.15, 0.2) is 12.2 Å². The standard InChI is InChI=1S/C6H12O/c1-4-5-6(2,3)7/h4-5,7H,1-3H3. The molecule has 0 unspecified atom stereocenters. The Bertz CT molecular complexity index is 66.7. The Kier molecular flexibility index (Phi) is 2.03. The van der Waals surface area contributed by atoms with Crippen molar-refractivity contribution in [2.75, 3.05) is 0 Å². The van der Waals surface area contributed by atoms with Crippen LogP contribution in [0.1, 0.15) is 20.8 Å². The number of allylic oxidation sites excluding steroid dienone is 1. The van der Waals surface area contributed by atoms with Gasteiger partial charge in [0.25, 0.3) is 0 Å². The van der Waals surface area contributed by atoms with E-state index in [0.29, 0.717) is 0 Å². The quantitative estimate of drug-likeness (QED) is 0.493. The van der Waals surface area contributed by atoms with Gasteiger partial charge >= 0.3 is 0 Å². The van der Waals surface area contributed by atoms with Crippen LogP contribution in [0.2, 0.25) is 0 Å². The predicted octanol–water partition coefficient (Wildman–Crippen LogP) is 1.33. The van der Waals surface area contributed by atoms with Gasteiger partial charge in [0.05, 0.1) is 5.60 Å². The lowest BCUT2D eigenvalue weighted by atomic mass is 10.1. The Hall–Kier alpha value is -0.300. The number of hydrogen-bond donors (Lipinski definition) is 1. The smallest absolute Gasteiger partial charge is 0.0771 e. The summed E-state index contributed by atoms with van der Waals surface area (Å²) >= 11 is 0. The maximum atomic E-state index is 8.93. The second kappa shape index (κ2) is 2.12. The third-order valence-electron chi connectivity index (χ3n) is 0.575. The van der Waals surface area contributed by atoms with Crippen molar-refractivity contribution >= 4 is 0 Å². The van der Waals surface area contributed by atoms with E-state index in [1.54, 1.807) is 19.9 Å². The highest BCUT2D eigenvalue weighted by Crippen LogP contribution is 2.00. The number of rotatable bonds is 1. The number of aliphatic hydroxyl groups is 1. The molecule has 0 spiro atoms. The van der Waals surface area contributed by atoms with Crippen LogP contribution in [0.5, 0.6) is 0 Å². The van der Waals surface area contributed by atoms with Gasteiger partial charge < -0.3 is 5.11 Å². The van der Waals surface area contributed by atoms with Crippen molar-refractivity contribution in [2.45, 2.75) is 26.4 Å². The monoisotopic (exact) mass is 100 g/mol. The molecular weight excluding hydrogens is 88.1 g/mol. The maximum Gasteiger partial charge on any atom is 0.0771 e. The Morgan fingerprint density at radius 2 is 1.86 bits per heavy atom. The summed E-state index contributed by atoms with van der Waals surface area (Å²) in [6.07, 6.45) is 3.58. The van der Waals surface area contributed by atoms with E-state index in [4.69, 9.17) is 5.11 Å². The largest absolute Gasteiger partial charge is 0.386 e. The first kappa shape index (κ1) is 6.70. The molecule has 0 rings (SSSR count). The van der Waals surface area contributed by atoms with Crippen LogP contribution in [0.4, 0.5) is 0 Å². The van der Waals surface area contributed by atoms with E-state index in [9.17, 15) is 0 Å². The van der Waals surface area contributed by atoms with E-state index < -0.39 is 5.60 Å². The lowest BCUT2D eigenvalue weighted by Gasteiger charge is -2.08. The molecule has 0 atom stereocenters.